The zero-order valence-electron chi connectivity index (χ0n) is 8.67. The fraction of sp³-hybridized carbons (Fsp3) is 0.769. The molecular weight excluding hydrogens is 188 g/mol. The molecule has 0 aromatic heterocycles. The SMILES string of the molecule is S=C1C2CCCCC1C1CC=C2CC1. The molecule has 0 N–H and O–H groups in total. The lowest BCUT2D eigenvalue weighted by Crippen LogP contribution is -2.22. The Bertz CT molecular complexity index is 290. The van der Waals surface area contributed by atoms with E-state index in [1.807, 2.05) is 0 Å². The smallest absolute Gasteiger partial charge is 0.0115 e. The Kier molecular flexibility index (Phi) is 2.24. The fourth-order valence-corrected chi connectivity index (χ4v) is 4.23. The molecule has 3 unspecified atom stereocenters. The Morgan fingerprint density at radius 3 is 2.79 bits per heavy atom. The van der Waals surface area contributed by atoms with Gasteiger partial charge < -0.3 is 0 Å². The molecule has 0 aromatic rings. The molecule has 4 rings (SSSR count). The van der Waals surface area contributed by atoms with E-state index in [9.17, 15) is 0 Å². The van der Waals surface area contributed by atoms with E-state index in [0.29, 0.717) is 5.92 Å². The predicted octanol–water partition coefficient (Wildman–Crippen LogP) is 3.90. The summed E-state index contributed by atoms with van der Waals surface area (Å²) in [6, 6.07) is 0. The Balaban J connectivity index is 2.02. The van der Waals surface area contributed by atoms with Crippen molar-refractivity contribution >= 4 is 17.1 Å². The van der Waals surface area contributed by atoms with Crippen LogP contribution in [0.5, 0.6) is 0 Å². The number of rotatable bonds is 0. The van der Waals surface area contributed by atoms with Crippen molar-refractivity contribution in [2.45, 2.75) is 44.9 Å². The van der Waals surface area contributed by atoms with E-state index >= 15 is 0 Å². The minimum Gasteiger partial charge on any atom is -0.0887 e. The zero-order chi connectivity index (χ0) is 9.54. The van der Waals surface area contributed by atoms with E-state index in [1.165, 1.54) is 49.8 Å². The van der Waals surface area contributed by atoms with Gasteiger partial charge in [0.25, 0.3) is 0 Å². The van der Waals surface area contributed by atoms with Gasteiger partial charge in [0.1, 0.15) is 0 Å². The highest BCUT2D eigenvalue weighted by Gasteiger charge is 2.38. The van der Waals surface area contributed by atoms with Crippen molar-refractivity contribution in [2.24, 2.45) is 17.8 Å². The van der Waals surface area contributed by atoms with E-state index in [0.717, 1.165) is 11.8 Å². The first-order valence-electron chi connectivity index (χ1n) is 6.09. The van der Waals surface area contributed by atoms with Gasteiger partial charge in [-0.25, -0.2) is 0 Å². The van der Waals surface area contributed by atoms with Crippen LogP contribution in [0, 0.1) is 17.8 Å². The second-order valence-corrected chi connectivity index (χ2v) is 5.63. The molecule has 14 heavy (non-hydrogen) atoms. The van der Waals surface area contributed by atoms with Crippen molar-refractivity contribution in [2.75, 3.05) is 0 Å². The minimum absolute atomic E-state index is 0.713. The van der Waals surface area contributed by atoms with Crippen molar-refractivity contribution in [1.29, 1.82) is 0 Å². The average molecular weight is 206 g/mol. The molecular formula is C13H18S. The maximum atomic E-state index is 5.73. The van der Waals surface area contributed by atoms with Crippen molar-refractivity contribution in [3.63, 3.8) is 0 Å². The molecule has 0 radical (unpaired) electrons. The molecule has 0 amide bonds. The number of hydrogen-bond acceptors (Lipinski definition) is 1. The number of hydrogen-bond donors (Lipinski definition) is 0. The molecule has 3 atom stereocenters. The van der Waals surface area contributed by atoms with E-state index in [1.54, 1.807) is 5.57 Å². The summed E-state index contributed by atoms with van der Waals surface area (Å²) >= 11 is 5.73. The summed E-state index contributed by atoms with van der Waals surface area (Å²) in [7, 11) is 0. The lowest BCUT2D eigenvalue weighted by Gasteiger charge is -2.24. The third-order valence-corrected chi connectivity index (χ3v) is 5.06. The summed E-state index contributed by atoms with van der Waals surface area (Å²) in [5.74, 6) is 2.42. The van der Waals surface area contributed by atoms with Gasteiger partial charge in [0.2, 0.25) is 0 Å². The molecule has 76 valence electrons. The molecule has 0 spiro atoms. The highest BCUT2D eigenvalue weighted by molar-refractivity contribution is 7.80. The summed E-state index contributed by atoms with van der Waals surface area (Å²) in [5, 5.41) is 0. The van der Waals surface area contributed by atoms with Crippen molar-refractivity contribution in [1.82, 2.24) is 0 Å². The van der Waals surface area contributed by atoms with Crippen LogP contribution in [0.3, 0.4) is 0 Å². The summed E-state index contributed by atoms with van der Waals surface area (Å²) in [6.45, 7) is 0. The maximum Gasteiger partial charge on any atom is 0.0115 e. The van der Waals surface area contributed by atoms with E-state index in [2.05, 4.69) is 6.08 Å². The molecule has 1 heteroatoms. The second-order valence-electron chi connectivity index (χ2n) is 5.16. The predicted molar refractivity (Wildman–Crippen MR) is 63.5 cm³/mol. The third kappa shape index (κ3) is 1.29. The van der Waals surface area contributed by atoms with Crippen molar-refractivity contribution < 1.29 is 0 Å². The van der Waals surface area contributed by atoms with E-state index < -0.39 is 0 Å². The van der Waals surface area contributed by atoms with Gasteiger partial charge >= 0.3 is 0 Å². The van der Waals surface area contributed by atoms with Gasteiger partial charge in [-0.15, -0.1) is 0 Å². The van der Waals surface area contributed by atoms with Crippen LogP contribution in [0.15, 0.2) is 11.6 Å². The summed E-state index contributed by atoms with van der Waals surface area (Å²) < 4.78 is 0. The van der Waals surface area contributed by atoms with Crippen LogP contribution in [0.4, 0.5) is 0 Å². The summed E-state index contributed by atoms with van der Waals surface area (Å²) in [6.07, 6.45) is 12.2. The molecule has 0 saturated heterocycles. The largest absolute Gasteiger partial charge is 0.0887 e. The number of allylic oxidation sites excluding steroid dienone is 2. The summed E-state index contributed by atoms with van der Waals surface area (Å²) in [5.41, 5.74) is 1.70. The Morgan fingerprint density at radius 1 is 1.14 bits per heavy atom. The van der Waals surface area contributed by atoms with Crippen LogP contribution in [-0.4, -0.2) is 4.86 Å². The highest BCUT2D eigenvalue weighted by atomic mass is 32.1. The average Bonchev–Trinajstić information content (AvgIpc) is 2.54. The minimum atomic E-state index is 0.713. The standard InChI is InChI=1S/C13H18S/c14-13-11-3-1-2-4-12(13)10-7-5-9(11)6-8-10/h5,10-12H,1-4,6-8H2. The fourth-order valence-electron chi connectivity index (χ4n) is 3.65. The molecule has 4 bridgehead atoms. The van der Waals surface area contributed by atoms with Crippen molar-refractivity contribution in [3.8, 4) is 0 Å². The first-order valence-corrected chi connectivity index (χ1v) is 6.50. The number of fused-ring (bicyclic) bond motifs is 2. The zero-order valence-corrected chi connectivity index (χ0v) is 9.48. The van der Waals surface area contributed by atoms with Crippen molar-refractivity contribution in [3.05, 3.63) is 11.6 Å². The molecule has 0 aromatic carbocycles. The van der Waals surface area contributed by atoms with Crippen LogP contribution in [0.1, 0.15) is 44.9 Å². The Hall–Kier alpha value is -0.170. The Labute approximate surface area is 91.8 Å². The van der Waals surface area contributed by atoms with Gasteiger partial charge in [-0.05, 0) is 43.9 Å². The van der Waals surface area contributed by atoms with Crippen LogP contribution in [0.25, 0.3) is 0 Å². The quantitative estimate of drug-likeness (QED) is 0.428. The monoisotopic (exact) mass is 206 g/mol. The van der Waals surface area contributed by atoms with Crippen LogP contribution >= 0.6 is 12.2 Å². The van der Waals surface area contributed by atoms with Gasteiger partial charge in [0, 0.05) is 10.8 Å². The number of thiocarbonyl (C=S) groups is 1. The molecule has 2 saturated carbocycles. The van der Waals surface area contributed by atoms with Gasteiger partial charge in [-0.2, -0.15) is 0 Å². The van der Waals surface area contributed by atoms with Gasteiger partial charge in [0.15, 0.2) is 0 Å². The molecule has 0 nitrogen and oxygen atoms in total. The molecule has 2 fully saturated rings. The Morgan fingerprint density at radius 2 is 2.00 bits per heavy atom. The van der Waals surface area contributed by atoms with E-state index in [-0.39, 0.29) is 0 Å². The van der Waals surface area contributed by atoms with Gasteiger partial charge in [-0.1, -0.05) is 36.7 Å². The molecule has 4 aliphatic rings. The van der Waals surface area contributed by atoms with Crippen LogP contribution in [-0.2, 0) is 0 Å². The summed E-state index contributed by atoms with van der Waals surface area (Å²) in [4.78, 5) is 1.44. The van der Waals surface area contributed by atoms with Crippen LogP contribution in [0.2, 0.25) is 0 Å². The maximum absolute atomic E-state index is 5.73. The van der Waals surface area contributed by atoms with Gasteiger partial charge in [0.05, 0.1) is 0 Å². The second kappa shape index (κ2) is 3.44. The lowest BCUT2D eigenvalue weighted by molar-refractivity contribution is 0.364. The van der Waals surface area contributed by atoms with E-state index in [4.69, 9.17) is 12.2 Å². The first-order chi connectivity index (χ1) is 6.86. The van der Waals surface area contributed by atoms with Gasteiger partial charge in [-0.3, -0.25) is 0 Å². The lowest BCUT2D eigenvalue weighted by atomic mass is 9.81. The normalized spacial score (nSPS) is 41.6. The highest BCUT2D eigenvalue weighted by Crippen LogP contribution is 2.45. The third-order valence-electron chi connectivity index (χ3n) is 4.47. The molecule has 0 aliphatic heterocycles. The first kappa shape index (κ1) is 9.08. The topological polar surface area (TPSA) is 0 Å². The molecule has 4 aliphatic carbocycles. The van der Waals surface area contributed by atoms with Crippen LogP contribution < -0.4 is 0 Å². The molecule has 0 heterocycles.